The Balaban J connectivity index is 1.83. The quantitative estimate of drug-likeness (QED) is 0.351. The minimum absolute atomic E-state index is 0.209. The molecule has 2 aromatic carbocycles. The van der Waals surface area contributed by atoms with Crippen LogP contribution in [0.5, 0.6) is 11.5 Å². The Hall–Kier alpha value is -4.24. The van der Waals surface area contributed by atoms with Gasteiger partial charge in [0.25, 0.3) is 5.56 Å². The Morgan fingerprint density at radius 3 is 2.54 bits per heavy atom. The van der Waals surface area contributed by atoms with E-state index in [-0.39, 0.29) is 17.9 Å². The van der Waals surface area contributed by atoms with E-state index in [0.717, 1.165) is 5.56 Å². The summed E-state index contributed by atoms with van der Waals surface area (Å²) in [5.41, 5.74) is 2.14. The van der Waals surface area contributed by atoms with Crippen molar-refractivity contribution in [1.82, 2.24) is 4.57 Å². The number of carbonyl (C=O) groups is 2. The van der Waals surface area contributed by atoms with Gasteiger partial charge in [-0.3, -0.25) is 14.2 Å². The van der Waals surface area contributed by atoms with Gasteiger partial charge in [-0.05, 0) is 43.2 Å². The molecule has 37 heavy (non-hydrogen) atoms. The third kappa shape index (κ3) is 5.62. The van der Waals surface area contributed by atoms with Gasteiger partial charge in [-0.2, -0.15) is 0 Å². The number of hydrogen-bond donors (Lipinski definition) is 0. The molecule has 2 heterocycles. The molecule has 0 bridgehead atoms. The molecule has 0 aliphatic carbocycles. The number of fused-ring (bicyclic) bond motifs is 1. The summed E-state index contributed by atoms with van der Waals surface area (Å²) in [5.74, 6) is -0.322. The second kappa shape index (κ2) is 11.2. The van der Waals surface area contributed by atoms with Crippen molar-refractivity contribution in [1.29, 1.82) is 0 Å². The third-order valence-electron chi connectivity index (χ3n) is 5.57. The maximum absolute atomic E-state index is 13.6. The van der Waals surface area contributed by atoms with Gasteiger partial charge in [-0.1, -0.05) is 59.9 Å². The van der Waals surface area contributed by atoms with E-state index in [4.69, 9.17) is 14.2 Å². The van der Waals surface area contributed by atoms with Crippen molar-refractivity contribution < 1.29 is 23.8 Å². The van der Waals surface area contributed by atoms with Crippen LogP contribution >= 0.6 is 11.3 Å². The summed E-state index contributed by atoms with van der Waals surface area (Å²) in [5, 5.41) is 0. The van der Waals surface area contributed by atoms with Gasteiger partial charge in [-0.25, -0.2) is 9.79 Å². The maximum Gasteiger partial charge on any atom is 0.338 e. The second-order valence-electron chi connectivity index (χ2n) is 8.12. The van der Waals surface area contributed by atoms with E-state index in [2.05, 4.69) is 4.99 Å². The molecule has 0 amide bonds. The summed E-state index contributed by atoms with van der Waals surface area (Å²) in [6.07, 6.45) is 5.40. The van der Waals surface area contributed by atoms with Crippen LogP contribution in [0.2, 0.25) is 0 Å². The molecule has 1 aliphatic heterocycles. The molecule has 0 radical (unpaired) electrons. The highest BCUT2D eigenvalue weighted by atomic mass is 32.1. The topological polar surface area (TPSA) is 96.2 Å². The molecule has 4 rings (SSSR count). The fourth-order valence-electron chi connectivity index (χ4n) is 3.95. The molecule has 0 saturated heterocycles. The van der Waals surface area contributed by atoms with Crippen LogP contribution in [0.4, 0.5) is 0 Å². The first kappa shape index (κ1) is 25.8. The smallest absolute Gasteiger partial charge is 0.338 e. The SMILES string of the molecule is CCOC(=O)C1=C(C)N=c2sc(=Cc3ccc(OC(C)=O)c(OC)c3)c(=O)n2[C@H]1/C=C\c1ccccc1. The second-order valence-corrected chi connectivity index (χ2v) is 9.13. The van der Waals surface area contributed by atoms with Crippen molar-refractivity contribution in [3.63, 3.8) is 0 Å². The molecule has 1 aromatic heterocycles. The van der Waals surface area contributed by atoms with E-state index >= 15 is 0 Å². The lowest BCUT2D eigenvalue weighted by molar-refractivity contribution is -0.139. The normalized spacial score (nSPS) is 15.4. The molecule has 1 atom stereocenters. The summed E-state index contributed by atoms with van der Waals surface area (Å²) >= 11 is 1.22. The van der Waals surface area contributed by atoms with Gasteiger partial charge in [0, 0.05) is 6.92 Å². The van der Waals surface area contributed by atoms with E-state index in [9.17, 15) is 14.4 Å². The zero-order chi connectivity index (χ0) is 26.5. The van der Waals surface area contributed by atoms with Crippen LogP contribution in [-0.2, 0) is 14.3 Å². The zero-order valence-corrected chi connectivity index (χ0v) is 21.7. The van der Waals surface area contributed by atoms with Gasteiger partial charge >= 0.3 is 11.9 Å². The lowest BCUT2D eigenvalue weighted by atomic mass is 10.0. The van der Waals surface area contributed by atoms with Gasteiger partial charge in [-0.15, -0.1) is 0 Å². The van der Waals surface area contributed by atoms with Crippen LogP contribution in [0.25, 0.3) is 12.2 Å². The minimum atomic E-state index is -0.682. The Labute approximate surface area is 217 Å². The van der Waals surface area contributed by atoms with Crippen molar-refractivity contribution in [3.8, 4) is 11.5 Å². The first-order chi connectivity index (χ1) is 17.8. The van der Waals surface area contributed by atoms with Gasteiger partial charge in [0.15, 0.2) is 16.3 Å². The highest BCUT2D eigenvalue weighted by Gasteiger charge is 2.30. The van der Waals surface area contributed by atoms with Gasteiger partial charge < -0.3 is 14.2 Å². The van der Waals surface area contributed by atoms with Crippen LogP contribution in [0.1, 0.15) is 37.9 Å². The fraction of sp³-hybridized carbons (Fsp3) is 0.214. The predicted octanol–water partition coefficient (Wildman–Crippen LogP) is 3.40. The molecule has 3 aromatic rings. The van der Waals surface area contributed by atoms with Gasteiger partial charge in [0.2, 0.25) is 0 Å². The predicted molar refractivity (Wildman–Crippen MR) is 141 cm³/mol. The lowest BCUT2D eigenvalue weighted by Gasteiger charge is -2.21. The van der Waals surface area contributed by atoms with Crippen LogP contribution in [0.3, 0.4) is 0 Å². The van der Waals surface area contributed by atoms with Crippen molar-refractivity contribution in [3.05, 3.63) is 96.7 Å². The number of ether oxygens (including phenoxy) is 3. The average molecular weight is 519 g/mol. The zero-order valence-electron chi connectivity index (χ0n) is 20.9. The molecule has 1 aliphatic rings. The summed E-state index contributed by atoms with van der Waals surface area (Å²) in [6.45, 7) is 4.99. The monoisotopic (exact) mass is 518 g/mol. The Morgan fingerprint density at radius 2 is 1.86 bits per heavy atom. The minimum Gasteiger partial charge on any atom is -0.493 e. The van der Waals surface area contributed by atoms with E-state index in [0.29, 0.717) is 31.9 Å². The van der Waals surface area contributed by atoms with Crippen molar-refractivity contribution >= 4 is 35.4 Å². The van der Waals surface area contributed by atoms with Crippen molar-refractivity contribution in [2.24, 2.45) is 4.99 Å². The Morgan fingerprint density at radius 1 is 1.11 bits per heavy atom. The number of hydrogen-bond acceptors (Lipinski definition) is 8. The number of allylic oxidation sites excluding steroid dienone is 2. The van der Waals surface area contributed by atoms with E-state index in [1.54, 1.807) is 38.1 Å². The largest absolute Gasteiger partial charge is 0.493 e. The maximum atomic E-state index is 13.6. The molecular formula is C28H26N2O6S. The summed E-state index contributed by atoms with van der Waals surface area (Å²) in [6, 6.07) is 14.0. The highest BCUT2D eigenvalue weighted by Crippen LogP contribution is 2.29. The van der Waals surface area contributed by atoms with Crippen molar-refractivity contribution in [2.75, 3.05) is 13.7 Å². The molecule has 190 valence electrons. The van der Waals surface area contributed by atoms with Crippen molar-refractivity contribution in [2.45, 2.75) is 26.8 Å². The van der Waals surface area contributed by atoms with Crippen LogP contribution in [0, 0.1) is 0 Å². The summed E-state index contributed by atoms with van der Waals surface area (Å²) in [4.78, 5) is 42.9. The summed E-state index contributed by atoms with van der Waals surface area (Å²) in [7, 11) is 1.47. The molecule has 0 N–H and O–H groups in total. The number of carbonyl (C=O) groups excluding carboxylic acids is 2. The first-order valence-electron chi connectivity index (χ1n) is 11.6. The standard InChI is InChI=1S/C28H26N2O6S/c1-5-35-27(33)25-17(2)29-28-30(21(25)13-11-19-9-7-6-8-10-19)26(32)24(37-28)16-20-12-14-22(36-18(3)31)23(15-20)34-4/h6-16,21H,5H2,1-4H3/b13-11-,24-16?/t21-/m0/s1. The molecule has 9 heteroatoms. The number of aromatic nitrogens is 1. The third-order valence-corrected chi connectivity index (χ3v) is 6.55. The van der Waals surface area contributed by atoms with Crippen LogP contribution in [-0.4, -0.2) is 30.2 Å². The van der Waals surface area contributed by atoms with E-state index in [1.165, 1.54) is 29.9 Å². The molecule has 0 unspecified atom stereocenters. The molecular weight excluding hydrogens is 492 g/mol. The van der Waals surface area contributed by atoms with E-state index < -0.39 is 18.0 Å². The molecule has 0 saturated carbocycles. The van der Waals surface area contributed by atoms with Crippen LogP contribution in [0.15, 0.2) is 75.7 Å². The van der Waals surface area contributed by atoms with Gasteiger partial charge in [0.1, 0.15) is 0 Å². The number of rotatable bonds is 7. The van der Waals surface area contributed by atoms with Gasteiger partial charge in [0.05, 0.1) is 35.6 Å². The molecule has 0 fully saturated rings. The lowest BCUT2D eigenvalue weighted by Crippen LogP contribution is -2.38. The first-order valence-corrected chi connectivity index (χ1v) is 12.4. The Kier molecular flexibility index (Phi) is 7.83. The number of methoxy groups -OCH3 is 1. The molecule has 0 spiro atoms. The number of nitrogens with zero attached hydrogens (tertiary/aromatic N) is 2. The highest BCUT2D eigenvalue weighted by molar-refractivity contribution is 7.07. The number of benzene rings is 2. The Bertz CT molecular complexity index is 1580. The number of esters is 2. The number of thiazole rings is 1. The average Bonchev–Trinajstić information content (AvgIpc) is 3.17. The fourth-order valence-corrected chi connectivity index (χ4v) is 5.00. The van der Waals surface area contributed by atoms with Crippen LogP contribution < -0.4 is 24.4 Å². The van der Waals surface area contributed by atoms with E-state index in [1.807, 2.05) is 42.5 Å². The summed E-state index contributed by atoms with van der Waals surface area (Å²) < 4.78 is 17.7. The molecule has 8 nitrogen and oxygen atoms in total.